The number of nitriles is 3. The Morgan fingerprint density at radius 3 is 2.12 bits per heavy atom. The number of nitrogens with two attached hydrogens (primary N) is 1. The fourth-order valence-corrected chi connectivity index (χ4v) is 1.98. The van der Waals surface area contributed by atoms with E-state index in [1.165, 1.54) is 18.7 Å². The molecule has 4 heterocycles. The van der Waals surface area contributed by atoms with Gasteiger partial charge in [0.25, 0.3) is 0 Å². The molecule has 0 atom stereocenters. The van der Waals surface area contributed by atoms with E-state index in [0.717, 1.165) is 12.0 Å². The second-order valence-electron chi connectivity index (χ2n) is 5.58. The molecule has 4 aromatic rings. The molecule has 4 N–H and O–H groups in total. The van der Waals surface area contributed by atoms with E-state index >= 15 is 0 Å². The smallest absolute Gasteiger partial charge is 0.155 e. The number of aromatic nitrogens is 5. The first kappa shape index (κ1) is 22.9. The third-order valence-electron chi connectivity index (χ3n) is 3.45. The monoisotopic (exact) mass is 425 g/mol. The lowest BCUT2D eigenvalue weighted by Crippen LogP contribution is -2.01. The molecule has 0 bridgehead atoms. The van der Waals surface area contributed by atoms with Gasteiger partial charge in [-0.1, -0.05) is 0 Å². The van der Waals surface area contributed by atoms with Crippen molar-refractivity contribution in [2.45, 2.75) is 0 Å². The van der Waals surface area contributed by atoms with Gasteiger partial charge in [-0.2, -0.15) is 20.9 Å². The molecule has 0 saturated heterocycles. The second kappa shape index (κ2) is 12.2. The lowest BCUT2D eigenvalue weighted by molar-refractivity contribution is 0.240. The van der Waals surface area contributed by atoms with E-state index < -0.39 is 0 Å². The van der Waals surface area contributed by atoms with Crippen LogP contribution in [0.1, 0.15) is 16.7 Å². The fourth-order valence-electron chi connectivity index (χ4n) is 1.98. The van der Waals surface area contributed by atoms with Crippen LogP contribution in [0.4, 0.5) is 11.6 Å². The van der Waals surface area contributed by atoms with E-state index in [9.17, 15) is 0 Å². The van der Waals surface area contributed by atoms with Crippen molar-refractivity contribution < 1.29 is 5.21 Å². The topological polar surface area (TPSA) is 198 Å². The lowest BCUT2D eigenvalue weighted by Gasteiger charge is -1.90. The normalized spacial score (nSPS) is 9.31. The summed E-state index contributed by atoms with van der Waals surface area (Å²) in [5, 5.41) is 37.3. The minimum atomic E-state index is 0.426. The van der Waals surface area contributed by atoms with Crippen molar-refractivity contribution in [1.82, 2.24) is 30.0 Å². The first-order chi connectivity index (χ1) is 15.6. The first-order valence-electron chi connectivity index (χ1n) is 8.69. The highest BCUT2D eigenvalue weighted by Crippen LogP contribution is 2.06. The summed E-state index contributed by atoms with van der Waals surface area (Å²) < 4.78 is 1.57. The molecule has 0 aliphatic heterocycles. The summed E-state index contributed by atoms with van der Waals surface area (Å²) in [6.45, 7) is 0. The number of nitrogens with zero attached hydrogens (tertiary/aromatic N) is 9. The van der Waals surface area contributed by atoms with Crippen LogP contribution in [0.25, 0.3) is 5.65 Å². The van der Waals surface area contributed by atoms with E-state index in [1.807, 2.05) is 18.2 Å². The molecule has 0 amide bonds. The Labute approximate surface area is 182 Å². The van der Waals surface area contributed by atoms with E-state index in [0.29, 0.717) is 28.3 Å². The average Bonchev–Trinajstić information content (AvgIpc) is 3.32. The fraction of sp³-hybridized carbons (Fsp3) is 0. The molecule has 12 heteroatoms. The molecule has 32 heavy (non-hydrogen) atoms. The van der Waals surface area contributed by atoms with E-state index in [4.69, 9.17) is 26.7 Å². The van der Waals surface area contributed by atoms with Gasteiger partial charge in [-0.05, 0) is 36.4 Å². The molecule has 0 saturated carbocycles. The molecule has 0 aliphatic carbocycles. The maximum Gasteiger partial charge on any atom is 0.155 e. The van der Waals surface area contributed by atoms with Gasteiger partial charge in [0.05, 0.1) is 16.7 Å². The van der Waals surface area contributed by atoms with Gasteiger partial charge >= 0.3 is 0 Å². The van der Waals surface area contributed by atoms with Crippen LogP contribution in [0.15, 0.2) is 66.3 Å². The molecular weight excluding hydrogens is 410 g/mol. The molecule has 12 nitrogen and oxygen atoms in total. The Hall–Kier alpha value is -5.38. The number of aliphatic imine (C=N–C) groups is 1. The summed E-state index contributed by atoms with van der Waals surface area (Å²) in [6.07, 6.45) is 7.03. The SMILES string of the molecule is N#Cc1ccc(N)nc1.N#Cc1ccc(N=CNO)nc1.N#Cc1ccc2ncnn2c1. The number of hydrogen-bond donors (Lipinski definition) is 3. The summed E-state index contributed by atoms with van der Waals surface area (Å²) in [5.41, 5.74) is 9.36. The van der Waals surface area contributed by atoms with Crippen LogP contribution < -0.4 is 11.2 Å². The third-order valence-corrected chi connectivity index (χ3v) is 3.45. The van der Waals surface area contributed by atoms with Gasteiger partial charge in [0, 0.05) is 18.6 Å². The number of fused-ring (bicyclic) bond motifs is 1. The minimum absolute atomic E-state index is 0.426. The highest BCUT2D eigenvalue weighted by molar-refractivity contribution is 5.57. The zero-order valence-corrected chi connectivity index (χ0v) is 16.4. The predicted molar refractivity (Wildman–Crippen MR) is 113 cm³/mol. The summed E-state index contributed by atoms with van der Waals surface area (Å²) in [7, 11) is 0. The van der Waals surface area contributed by atoms with Crippen molar-refractivity contribution in [1.29, 1.82) is 15.8 Å². The van der Waals surface area contributed by atoms with Gasteiger partial charge in [-0.25, -0.2) is 24.5 Å². The van der Waals surface area contributed by atoms with Crippen LogP contribution in [0.3, 0.4) is 0 Å². The summed E-state index contributed by atoms with van der Waals surface area (Å²) >= 11 is 0. The maximum absolute atomic E-state index is 8.52. The molecule has 156 valence electrons. The Bertz CT molecular complexity index is 1290. The van der Waals surface area contributed by atoms with Crippen molar-refractivity contribution in [3.8, 4) is 18.2 Å². The lowest BCUT2D eigenvalue weighted by atomic mass is 10.3. The molecular formula is C20H15N11O. The second-order valence-corrected chi connectivity index (χ2v) is 5.58. The van der Waals surface area contributed by atoms with Gasteiger partial charge in [0.1, 0.15) is 36.7 Å². The summed E-state index contributed by atoms with van der Waals surface area (Å²) in [6, 6.07) is 15.7. The van der Waals surface area contributed by atoms with Crippen LogP contribution in [-0.4, -0.2) is 36.1 Å². The van der Waals surface area contributed by atoms with Gasteiger partial charge in [0.2, 0.25) is 0 Å². The molecule has 0 aliphatic rings. The van der Waals surface area contributed by atoms with Gasteiger partial charge < -0.3 is 5.73 Å². The van der Waals surface area contributed by atoms with Crippen molar-refractivity contribution in [2.75, 3.05) is 5.73 Å². The van der Waals surface area contributed by atoms with Crippen molar-refractivity contribution >= 4 is 23.6 Å². The largest absolute Gasteiger partial charge is 0.384 e. The number of hydrogen-bond acceptors (Lipinski definition) is 10. The zero-order chi connectivity index (χ0) is 23.2. The highest BCUT2D eigenvalue weighted by Gasteiger charge is 1.94. The molecule has 0 radical (unpaired) electrons. The van der Waals surface area contributed by atoms with Crippen LogP contribution in [-0.2, 0) is 0 Å². The zero-order valence-electron chi connectivity index (χ0n) is 16.4. The number of pyridine rings is 3. The summed E-state index contributed by atoms with van der Waals surface area (Å²) in [5.74, 6) is 0.865. The van der Waals surface area contributed by atoms with Crippen LogP contribution in [0.5, 0.6) is 0 Å². The van der Waals surface area contributed by atoms with Gasteiger partial charge in [-0.3, -0.25) is 10.7 Å². The Kier molecular flexibility index (Phi) is 8.76. The maximum atomic E-state index is 8.52. The molecule has 0 unspecified atom stereocenters. The summed E-state index contributed by atoms with van der Waals surface area (Å²) in [4.78, 5) is 15.2. The number of nitrogens with one attached hydrogen (secondary N) is 1. The number of hydroxylamine groups is 1. The predicted octanol–water partition coefficient (Wildman–Crippen LogP) is 1.73. The van der Waals surface area contributed by atoms with E-state index in [2.05, 4.69) is 25.0 Å². The first-order valence-corrected chi connectivity index (χ1v) is 8.69. The molecule has 4 rings (SSSR count). The van der Waals surface area contributed by atoms with Crippen molar-refractivity contribution in [2.24, 2.45) is 4.99 Å². The van der Waals surface area contributed by atoms with Crippen LogP contribution >= 0.6 is 0 Å². The van der Waals surface area contributed by atoms with Crippen LogP contribution in [0, 0.1) is 34.0 Å². The quantitative estimate of drug-likeness (QED) is 0.241. The Morgan fingerprint density at radius 1 is 0.906 bits per heavy atom. The number of anilines is 1. The highest BCUT2D eigenvalue weighted by atomic mass is 16.5. The Balaban J connectivity index is 0.000000172. The molecule has 0 aromatic carbocycles. The van der Waals surface area contributed by atoms with E-state index in [1.54, 1.807) is 52.6 Å². The number of rotatable bonds is 2. The van der Waals surface area contributed by atoms with Gasteiger partial charge in [0.15, 0.2) is 11.5 Å². The van der Waals surface area contributed by atoms with Gasteiger partial charge in [-0.15, -0.1) is 0 Å². The van der Waals surface area contributed by atoms with Crippen molar-refractivity contribution in [3.63, 3.8) is 0 Å². The standard InChI is InChI=1S/C7H6N4O.C7H4N4.C6H5N3/c8-3-6-1-2-7(9-4-6)10-5-11-12;8-3-6-1-2-7-9-5-10-11(7)4-6;7-3-5-1-2-6(8)9-4-5/h1-2,4-5,12H,(H,9,10,11);1-2,4-5H;1-2,4H,(H2,8,9). The minimum Gasteiger partial charge on any atom is -0.384 e. The molecule has 0 fully saturated rings. The van der Waals surface area contributed by atoms with E-state index in [-0.39, 0.29) is 0 Å². The Morgan fingerprint density at radius 2 is 1.56 bits per heavy atom. The molecule has 0 spiro atoms. The van der Waals surface area contributed by atoms with Crippen molar-refractivity contribution in [3.05, 3.63) is 78.0 Å². The molecule has 4 aromatic heterocycles. The number of nitrogen functional groups attached to an aromatic ring is 1. The average molecular weight is 425 g/mol. The third kappa shape index (κ3) is 7.22. The van der Waals surface area contributed by atoms with Crippen LogP contribution in [0.2, 0.25) is 0 Å².